The van der Waals surface area contributed by atoms with Crippen LogP contribution in [0.5, 0.6) is 0 Å². The number of pyridine rings is 1. The van der Waals surface area contributed by atoms with Crippen molar-refractivity contribution in [2.75, 3.05) is 5.32 Å². The van der Waals surface area contributed by atoms with Crippen LogP contribution < -0.4 is 5.32 Å². The number of benzene rings is 1. The summed E-state index contributed by atoms with van der Waals surface area (Å²) in [4.78, 5) is 15.1. The maximum absolute atomic E-state index is 13.1. The molecule has 0 aliphatic rings. The van der Waals surface area contributed by atoms with Gasteiger partial charge in [0, 0.05) is 11.4 Å². The summed E-state index contributed by atoms with van der Waals surface area (Å²) in [5.74, 6) is -0.987. The summed E-state index contributed by atoms with van der Waals surface area (Å²) in [6.45, 7) is 1.71. The first-order valence-corrected chi connectivity index (χ1v) is 6.19. The van der Waals surface area contributed by atoms with Gasteiger partial charge in [-0.25, -0.2) is 14.2 Å². The van der Waals surface area contributed by atoms with Crippen LogP contribution in [0, 0.1) is 12.7 Å². The lowest BCUT2D eigenvalue weighted by molar-refractivity contribution is 0.0696. The maximum atomic E-state index is 13.1. The fourth-order valence-corrected chi connectivity index (χ4v) is 1.96. The second-order valence-corrected chi connectivity index (χ2v) is 4.80. The number of aryl methyl sites for hydroxylation is 1. The third-order valence-corrected chi connectivity index (χ3v) is 3.00. The van der Waals surface area contributed by atoms with Gasteiger partial charge in [-0.05, 0) is 53.2 Å². The summed E-state index contributed by atoms with van der Waals surface area (Å²) >= 11 is 3.08. The van der Waals surface area contributed by atoms with E-state index in [1.165, 1.54) is 18.2 Å². The molecule has 0 aliphatic carbocycles. The number of hydrogen-bond donors (Lipinski definition) is 2. The first-order valence-electron chi connectivity index (χ1n) is 5.40. The van der Waals surface area contributed by atoms with Crippen molar-refractivity contribution in [2.24, 2.45) is 0 Å². The predicted octanol–water partition coefficient (Wildman–Crippen LogP) is 3.73. The monoisotopic (exact) mass is 324 g/mol. The van der Waals surface area contributed by atoms with Gasteiger partial charge >= 0.3 is 5.97 Å². The highest BCUT2D eigenvalue weighted by Gasteiger charge is 2.07. The Morgan fingerprint density at radius 1 is 1.37 bits per heavy atom. The van der Waals surface area contributed by atoms with Crippen molar-refractivity contribution in [3.05, 3.63) is 51.9 Å². The Kier molecular flexibility index (Phi) is 3.80. The Bertz CT molecular complexity index is 647. The van der Waals surface area contributed by atoms with Crippen molar-refractivity contribution in [3.63, 3.8) is 0 Å². The van der Waals surface area contributed by atoms with E-state index in [4.69, 9.17) is 5.11 Å². The van der Waals surface area contributed by atoms with Crippen LogP contribution in [0.15, 0.2) is 34.8 Å². The second kappa shape index (κ2) is 5.36. The predicted molar refractivity (Wildman–Crippen MR) is 73.3 cm³/mol. The van der Waals surface area contributed by atoms with Crippen LogP contribution >= 0.6 is 15.9 Å². The average molecular weight is 325 g/mol. The van der Waals surface area contributed by atoms with Crippen molar-refractivity contribution in [1.29, 1.82) is 0 Å². The van der Waals surface area contributed by atoms with Crippen LogP contribution in [0.3, 0.4) is 0 Å². The van der Waals surface area contributed by atoms with Crippen LogP contribution in [-0.2, 0) is 0 Å². The lowest BCUT2D eigenvalue weighted by atomic mass is 10.2. The molecule has 0 bridgehead atoms. The topological polar surface area (TPSA) is 62.2 Å². The van der Waals surface area contributed by atoms with Gasteiger partial charge < -0.3 is 10.4 Å². The summed E-state index contributed by atoms with van der Waals surface area (Å²) in [5, 5.41) is 11.9. The number of nitrogens with zero attached hydrogens (tertiary/aromatic N) is 1. The fourth-order valence-electron chi connectivity index (χ4n) is 1.58. The Labute approximate surface area is 117 Å². The number of anilines is 2. The van der Waals surface area contributed by atoms with Gasteiger partial charge in [-0.3, -0.25) is 0 Å². The molecule has 0 unspecified atom stereocenters. The Hall–Kier alpha value is -1.95. The summed E-state index contributed by atoms with van der Waals surface area (Å²) < 4.78 is 13.4. The summed E-state index contributed by atoms with van der Waals surface area (Å²) in [6.07, 6.45) is 0. The number of aromatic carboxylic acids is 1. The number of carboxylic acids is 1. The Morgan fingerprint density at radius 3 is 2.74 bits per heavy atom. The van der Waals surface area contributed by atoms with Gasteiger partial charge in [0.1, 0.15) is 11.6 Å². The zero-order chi connectivity index (χ0) is 14.0. The highest BCUT2D eigenvalue weighted by Crippen LogP contribution is 2.23. The lowest BCUT2D eigenvalue weighted by Gasteiger charge is -2.08. The van der Waals surface area contributed by atoms with Gasteiger partial charge in [0.05, 0.1) is 10.0 Å². The minimum Gasteiger partial charge on any atom is -0.478 e. The Balaban J connectivity index is 2.32. The number of halogens is 2. The molecular formula is C13H10BrFN2O2. The van der Waals surface area contributed by atoms with Crippen molar-refractivity contribution >= 4 is 33.4 Å². The van der Waals surface area contributed by atoms with E-state index in [0.29, 0.717) is 21.7 Å². The fraction of sp³-hybridized carbons (Fsp3) is 0.0769. The largest absolute Gasteiger partial charge is 0.478 e. The molecule has 1 aromatic carbocycles. The van der Waals surface area contributed by atoms with E-state index >= 15 is 0 Å². The van der Waals surface area contributed by atoms with Crippen LogP contribution in [0.1, 0.15) is 16.1 Å². The van der Waals surface area contributed by atoms with Crippen LogP contribution in [0.4, 0.5) is 15.9 Å². The van der Waals surface area contributed by atoms with Gasteiger partial charge in [-0.15, -0.1) is 0 Å². The number of nitrogens with one attached hydrogen (secondary N) is 1. The van der Waals surface area contributed by atoms with Gasteiger partial charge in [0.2, 0.25) is 0 Å². The molecule has 0 fully saturated rings. The highest BCUT2D eigenvalue weighted by atomic mass is 79.9. The standard InChI is InChI=1S/C13H10BrFN2O2/c1-7-4-8(13(18)19)5-12(16-7)17-9-2-3-11(15)10(14)6-9/h2-6H,1H3,(H,16,17)(H,18,19). The number of hydrogen-bond acceptors (Lipinski definition) is 3. The van der Waals surface area contributed by atoms with Crippen molar-refractivity contribution in [1.82, 2.24) is 4.98 Å². The zero-order valence-corrected chi connectivity index (χ0v) is 11.5. The van der Waals surface area contributed by atoms with E-state index in [1.54, 1.807) is 19.1 Å². The molecule has 0 saturated carbocycles. The van der Waals surface area contributed by atoms with E-state index in [1.807, 2.05) is 0 Å². The molecule has 19 heavy (non-hydrogen) atoms. The molecule has 2 rings (SSSR count). The molecule has 98 valence electrons. The van der Waals surface area contributed by atoms with Crippen LogP contribution in [0.25, 0.3) is 0 Å². The van der Waals surface area contributed by atoms with E-state index in [0.717, 1.165) is 0 Å². The zero-order valence-electron chi connectivity index (χ0n) is 9.95. The first kappa shape index (κ1) is 13.5. The van der Waals surface area contributed by atoms with E-state index < -0.39 is 5.97 Å². The lowest BCUT2D eigenvalue weighted by Crippen LogP contribution is -2.02. The first-order chi connectivity index (χ1) is 8.95. The molecule has 0 atom stereocenters. The molecule has 1 aromatic heterocycles. The summed E-state index contributed by atoms with van der Waals surface area (Å²) in [5.41, 5.74) is 1.35. The smallest absolute Gasteiger partial charge is 0.335 e. The number of aromatic nitrogens is 1. The normalized spacial score (nSPS) is 10.3. The Morgan fingerprint density at radius 2 is 2.11 bits per heavy atom. The molecule has 2 aromatic rings. The van der Waals surface area contributed by atoms with Gasteiger partial charge in [0.15, 0.2) is 0 Å². The maximum Gasteiger partial charge on any atom is 0.335 e. The van der Waals surface area contributed by atoms with E-state index in [2.05, 4.69) is 26.2 Å². The molecular weight excluding hydrogens is 315 g/mol. The quantitative estimate of drug-likeness (QED) is 0.902. The average Bonchev–Trinajstić information content (AvgIpc) is 2.33. The van der Waals surface area contributed by atoms with Crippen molar-refractivity contribution < 1.29 is 14.3 Å². The van der Waals surface area contributed by atoms with E-state index in [-0.39, 0.29) is 11.4 Å². The van der Waals surface area contributed by atoms with Crippen molar-refractivity contribution in [3.8, 4) is 0 Å². The molecule has 4 nitrogen and oxygen atoms in total. The number of rotatable bonds is 3. The molecule has 1 heterocycles. The summed E-state index contributed by atoms with van der Waals surface area (Å²) in [7, 11) is 0. The molecule has 6 heteroatoms. The number of carbonyl (C=O) groups is 1. The number of carboxylic acid groups (broad SMARTS) is 1. The molecule has 2 N–H and O–H groups in total. The van der Waals surface area contributed by atoms with Crippen LogP contribution in [-0.4, -0.2) is 16.1 Å². The van der Waals surface area contributed by atoms with Gasteiger partial charge in [-0.1, -0.05) is 0 Å². The molecule has 0 radical (unpaired) electrons. The molecule has 0 amide bonds. The van der Waals surface area contributed by atoms with Crippen molar-refractivity contribution in [2.45, 2.75) is 6.92 Å². The second-order valence-electron chi connectivity index (χ2n) is 3.94. The minimum atomic E-state index is -1.02. The van der Waals surface area contributed by atoms with Gasteiger partial charge in [-0.2, -0.15) is 0 Å². The molecule has 0 aliphatic heterocycles. The summed E-state index contributed by atoms with van der Waals surface area (Å²) in [6, 6.07) is 7.31. The molecule has 0 spiro atoms. The SMILES string of the molecule is Cc1cc(C(=O)O)cc(Nc2ccc(F)c(Br)c2)n1. The van der Waals surface area contributed by atoms with Gasteiger partial charge in [0.25, 0.3) is 0 Å². The third kappa shape index (κ3) is 3.29. The van der Waals surface area contributed by atoms with E-state index in [9.17, 15) is 9.18 Å². The third-order valence-electron chi connectivity index (χ3n) is 2.39. The minimum absolute atomic E-state index is 0.149. The highest BCUT2D eigenvalue weighted by molar-refractivity contribution is 9.10. The molecule has 0 saturated heterocycles. The van der Waals surface area contributed by atoms with Crippen LogP contribution in [0.2, 0.25) is 0 Å².